The molecule has 0 saturated heterocycles. The van der Waals surface area contributed by atoms with E-state index in [-0.39, 0.29) is 6.10 Å². The van der Waals surface area contributed by atoms with Crippen LogP contribution in [0.1, 0.15) is 52.1 Å². The summed E-state index contributed by atoms with van der Waals surface area (Å²) in [5.41, 5.74) is 1.20. The highest BCUT2D eigenvalue weighted by molar-refractivity contribution is 5.20. The van der Waals surface area contributed by atoms with Crippen molar-refractivity contribution >= 4 is 0 Å². The molecule has 17 heavy (non-hydrogen) atoms. The Morgan fingerprint density at radius 1 is 1.29 bits per heavy atom. The monoisotopic (exact) mass is 236 g/mol. The second-order valence-corrected chi connectivity index (χ2v) is 4.44. The fourth-order valence-corrected chi connectivity index (χ4v) is 1.49. The third-order valence-corrected chi connectivity index (χ3v) is 2.86. The second-order valence-electron chi connectivity index (χ2n) is 4.44. The van der Waals surface area contributed by atoms with Gasteiger partial charge in [0.05, 0.1) is 6.10 Å². The van der Waals surface area contributed by atoms with Crippen LogP contribution in [0.4, 0.5) is 0 Å². The highest BCUT2D eigenvalue weighted by atomic mass is 16.5. The molecule has 2 unspecified atom stereocenters. The van der Waals surface area contributed by atoms with Crippen molar-refractivity contribution in [2.45, 2.75) is 52.7 Å². The molecule has 1 rings (SSSR count). The molecule has 0 aliphatic heterocycles. The highest BCUT2D eigenvalue weighted by Gasteiger charge is 2.06. The van der Waals surface area contributed by atoms with Gasteiger partial charge in [-0.1, -0.05) is 19.9 Å². The van der Waals surface area contributed by atoms with Gasteiger partial charge in [-0.3, -0.25) is 0 Å². The maximum absolute atomic E-state index is 5.65. The molecule has 0 bridgehead atoms. The van der Waals surface area contributed by atoms with Crippen LogP contribution in [0.2, 0.25) is 0 Å². The van der Waals surface area contributed by atoms with Crippen LogP contribution in [-0.2, 0) is 0 Å². The van der Waals surface area contributed by atoms with Gasteiger partial charge in [0.2, 0.25) is 5.88 Å². The van der Waals surface area contributed by atoms with Crippen molar-refractivity contribution in [3.05, 3.63) is 23.9 Å². The molecule has 96 valence electrons. The van der Waals surface area contributed by atoms with Gasteiger partial charge in [0.1, 0.15) is 0 Å². The van der Waals surface area contributed by atoms with Gasteiger partial charge in [-0.05, 0) is 38.8 Å². The minimum atomic E-state index is 0.226. The predicted octanol–water partition coefficient (Wildman–Crippen LogP) is 3.32. The molecule has 2 atom stereocenters. The Hall–Kier alpha value is -1.09. The summed E-state index contributed by atoms with van der Waals surface area (Å²) < 4.78 is 5.65. The van der Waals surface area contributed by atoms with Gasteiger partial charge in [-0.2, -0.15) is 0 Å². The van der Waals surface area contributed by atoms with Crippen LogP contribution in [0.3, 0.4) is 0 Å². The topological polar surface area (TPSA) is 34.1 Å². The maximum atomic E-state index is 5.65. The Labute approximate surface area is 105 Å². The SMILES string of the molecule is CCCNC(C)c1ccc(OC(C)CC)nc1. The summed E-state index contributed by atoms with van der Waals surface area (Å²) >= 11 is 0. The van der Waals surface area contributed by atoms with E-state index in [0.29, 0.717) is 11.9 Å². The molecular formula is C14H24N2O. The summed E-state index contributed by atoms with van der Waals surface area (Å²) in [5.74, 6) is 0.714. The number of aromatic nitrogens is 1. The van der Waals surface area contributed by atoms with Crippen LogP contribution in [0.15, 0.2) is 18.3 Å². The third kappa shape index (κ3) is 4.73. The smallest absolute Gasteiger partial charge is 0.213 e. The number of nitrogens with one attached hydrogen (secondary N) is 1. The van der Waals surface area contributed by atoms with Gasteiger partial charge >= 0.3 is 0 Å². The molecule has 0 fully saturated rings. The number of nitrogens with zero attached hydrogens (tertiary/aromatic N) is 1. The number of hydrogen-bond donors (Lipinski definition) is 1. The summed E-state index contributed by atoms with van der Waals surface area (Å²) in [4.78, 5) is 4.33. The van der Waals surface area contributed by atoms with E-state index >= 15 is 0 Å². The first-order valence-electron chi connectivity index (χ1n) is 6.53. The fraction of sp³-hybridized carbons (Fsp3) is 0.643. The molecular weight excluding hydrogens is 212 g/mol. The van der Waals surface area contributed by atoms with Gasteiger partial charge in [0.25, 0.3) is 0 Å². The van der Waals surface area contributed by atoms with E-state index in [1.165, 1.54) is 5.56 Å². The fourth-order valence-electron chi connectivity index (χ4n) is 1.49. The molecule has 0 aliphatic rings. The van der Waals surface area contributed by atoms with Crippen LogP contribution in [0, 0.1) is 0 Å². The van der Waals surface area contributed by atoms with Crippen molar-refractivity contribution in [2.24, 2.45) is 0 Å². The average molecular weight is 236 g/mol. The van der Waals surface area contributed by atoms with Crippen LogP contribution in [-0.4, -0.2) is 17.6 Å². The standard InChI is InChI=1S/C14H24N2O/c1-5-9-15-12(4)13-7-8-14(16-10-13)17-11(3)6-2/h7-8,10-12,15H,5-6,9H2,1-4H3. The van der Waals surface area contributed by atoms with E-state index in [2.05, 4.69) is 44.1 Å². The minimum absolute atomic E-state index is 0.226. The van der Waals surface area contributed by atoms with E-state index in [0.717, 1.165) is 19.4 Å². The Morgan fingerprint density at radius 2 is 2.06 bits per heavy atom. The number of hydrogen-bond acceptors (Lipinski definition) is 3. The molecule has 3 heteroatoms. The van der Waals surface area contributed by atoms with Crippen molar-refractivity contribution in [2.75, 3.05) is 6.54 Å². The largest absolute Gasteiger partial charge is 0.475 e. The van der Waals surface area contributed by atoms with Gasteiger partial charge in [-0.15, -0.1) is 0 Å². The van der Waals surface area contributed by atoms with E-state index in [1.807, 2.05) is 12.3 Å². The Morgan fingerprint density at radius 3 is 2.59 bits per heavy atom. The van der Waals surface area contributed by atoms with Crippen molar-refractivity contribution in [3.8, 4) is 5.88 Å². The molecule has 0 spiro atoms. The van der Waals surface area contributed by atoms with Crippen molar-refractivity contribution in [3.63, 3.8) is 0 Å². The minimum Gasteiger partial charge on any atom is -0.475 e. The van der Waals surface area contributed by atoms with Crippen LogP contribution in [0.5, 0.6) is 5.88 Å². The van der Waals surface area contributed by atoms with E-state index < -0.39 is 0 Å². The second kappa shape index (κ2) is 7.28. The average Bonchev–Trinajstić information content (AvgIpc) is 2.36. The first-order chi connectivity index (χ1) is 8.17. The predicted molar refractivity (Wildman–Crippen MR) is 71.3 cm³/mol. The number of pyridine rings is 1. The molecule has 1 aromatic heterocycles. The summed E-state index contributed by atoms with van der Waals surface area (Å²) in [6.07, 6.45) is 4.26. The Balaban J connectivity index is 2.54. The number of rotatable bonds is 7. The Bertz CT molecular complexity index is 311. The lowest BCUT2D eigenvalue weighted by Crippen LogP contribution is -2.19. The quantitative estimate of drug-likeness (QED) is 0.788. The molecule has 0 amide bonds. The number of ether oxygens (including phenoxy) is 1. The molecule has 1 N–H and O–H groups in total. The molecule has 0 aliphatic carbocycles. The zero-order chi connectivity index (χ0) is 12.7. The summed E-state index contributed by atoms with van der Waals surface area (Å²) in [7, 11) is 0. The van der Waals surface area contributed by atoms with E-state index in [4.69, 9.17) is 4.74 Å². The van der Waals surface area contributed by atoms with Gasteiger partial charge in [0, 0.05) is 18.3 Å². The molecule has 3 nitrogen and oxygen atoms in total. The Kier molecular flexibility index (Phi) is 5.98. The van der Waals surface area contributed by atoms with Crippen LogP contribution in [0.25, 0.3) is 0 Å². The first kappa shape index (κ1) is 14.0. The van der Waals surface area contributed by atoms with E-state index in [9.17, 15) is 0 Å². The van der Waals surface area contributed by atoms with Crippen LogP contribution < -0.4 is 10.1 Å². The van der Waals surface area contributed by atoms with E-state index in [1.54, 1.807) is 0 Å². The maximum Gasteiger partial charge on any atom is 0.213 e. The summed E-state index contributed by atoms with van der Waals surface area (Å²) in [6, 6.07) is 4.38. The lowest BCUT2D eigenvalue weighted by molar-refractivity contribution is 0.208. The molecule has 1 aromatic rings. The summed E-state index contributed by atoms with van der Waals surface area (Å²) in [6.45, 7) is 9.52. The van der Waals surface area contributed by atoms with Gasteiger partial charge in [-0.25, -0.2) is 4.98 Å². The van der Waals surface area contributed by atoms with Gasteiger partial charge < -0.3 is 10.1 Å². The molecule has 0 saturated carbocycles. The zero-order valence-electron chi connectivity index (χ0n) is 11.4. The van der Waals surface area contributed by atoms with Gasteiger partial charge in [0.15, 0.2) is 0 Å². The van der Waals surface area contributed by atoms with Crippen molar-refractivity contribution in [1.82, 2.24) is 10.3 Å². The van der Waals surface area contributed by atoms with Crippen molar-refractivity contribution in [1.29, 1.82) is 0 Å². The lowest BCUT2D eigenvalue weighted by Gasteiger charge is -2.15. The summed E-state index contributed by atoms with van der Waals surface area (Å²) in [5, 5.41) is 3.44. The van der Waals surface area contributed by atoms with Crippen molar-refractivity contribution < 1.29 is 4.74 Å². The molecule has 0 aromatic carbocycles. The highest BCUT2D eigenvalue weighted by Crippen LogP contribution is 2.15. The molecule has 1 heterocycles. The first-order valence-corrected chi connectivity index (χ1v) is 6.53. The molecule has 0 radical (unpaired) electrons. The third-order valence-electron chi connectivity index (χ3n) is 2.86. The van der Waals surface area contributed by atoms with Crippen LogP contribution >= 0.6 is 0 Å². The normalized spacial score (nSPS) is 14.4. The lowest BCUT2D eigenvalue weighted by atomic mass is 10.1. The zero-order valence-corrected chi connectivity index (χ0v) is 11.4.